The first-order valence-corrected chi connectivity index (χ1v) is 6.63. The van der Waals surface area contributed by atoms with Crippen LogP contribution >= 0.6 is 0 Å². The van der Waals surface area contributed by atoms with E-state index in [2.05, 4.69) is 0 Å². The van der Waals surface area contributed by atoms with Gasteiger partial charge in [0.05, 0.1) is 11.1 Å². The van der Waals surface area contributed by atoms with Gasteiger partial charge in [0, 0.05) is 23.9 Å². The molecule has 104 valence electrons. The smallest absolute Gasteiger partial charge is 0.333 e. The molecule has 2 N–H and O–H groups in total. The van der Waals surface area contributed by atoms with E-state index in [0.717, 1.165) is 31.4 Å². The summed E-state index contributed by atoms with van der Waals surface area (Å²) in [5.74, 6) is -2.58. The van der Waals surface area contributed by atoms with Crippen molar-refractivity contribution in [1.29, 1.82) is 0 Å². The molecule has 2 rings (SSSR count). The Kier molecular flexibility index (Phi) is 3.64. The summed E-state index contributed by atoms with van der Waals surface area (Å²) in [6, 6.07) is 0. The minimum absolute atomic E-state index is 0.211. The maximum absolute atomic E-state index is 11.5. The van der Waals surface area contributed by atoms with Crippen LogP contribution in [0.5, 0.6) is 0 Å². The average molecular weight is 265 g/mol. The molecule has 5 heteroatoms. The number of rotatable bonds is 2. The van der Waals surface area contributed by atoms with Gasteiger partial charge in [-0.05, 0) is 26.2 Å². The van der Waals surface area contributed by atoms with E-state index >= 15 is 0 Å². The molecule has 1 saturated heterocycles. The third-order valence-corrected chi connectivity index (χ3v) is 4.05. The second-order valence-corrected chi connectivity index (χ2v) is 5.15. The van der Waals surface area contributed by atoms with E-state index in [9.17, 15) is 19.8 Å². The van der Waals surface area contributed by atoms with Crippen LogP contribution in [0, 0.1) is 5.92 Å². The fourth-order valence-corrected chi connectivity index (χ4v) is 3.16. The molecule has 5 nitrogen and oxygen atoms in total. The summed E-state index contributed by atoms with van der Waals surface area (Å²) in [5.41, 5.74) is 1.97. The highest BCUT2D eigenvalue weighted by atomic mass is 16.4. The zero-order valence-electron chi connectivity index (χ0n) is 11.3. The number of fused-ring (bicyclic) bond motifs is 1. The van der Waals surface area contributed by atoms with Gasteiger partial charge < -0.3 is 15.1 Å². The summed E-state index contributed by atoms with van der Waals surface area (Å²) >= 11 is 0. The number of carbonyl (C=O) groups is 2. The summed E-state index contributed by atoms with van der Waals surface area (Å²) in [6.45, 7) is 4.16. The van der Waals surface area contributed by atoms with Crippen molar-refractivity contribution in [2.24, 2.45) is 5.92 Å². The van der Waals surface area contributed by atoms with E-state index in [1.165, 1.54) is 0 Å². The lowest BCUT2D eigenvalue weighted by atomic mass is 9.85. The van der Waals surface area contributed by atoms with Crippen LogP contribution in [0.4, 0.5) is 0 Å². The van der Waals surface area contributed by atoms with Crippen molar-refractivity contribution in [2.45, 2.75) is 39.5 Å². The first-order valence-electron chi connectivity index (χ1n) is 6.63. The van der Waals surface area contributed by atoms with Crippen molar-refractivity contribution < 1.29 is 19.8 Å². The predicted molar refractivity (Wildman–Crippen MR) is 69.3 cm³/mol. The van der Waals surface area contributed by atoms with E-state index in [0.29, 0.717) is 12.2 Å². The van der Waals surface area contributed by atoms with Crippen molar-refractivity contribution in [1.82, 2.24) is 4.90 Å². The summed E-state index contributed by atoms with van der Waals surface area (Å²) in [5, 5.41) is 18.8. The zero-order chi connectivity index (χ0) is 14.2. The molecule has 0 aromatic carbocycles. The normalized spacial score (nSPS) is 24.1. The fraction of sp³-hybridized carbons (Fsp3) is 0.571. The Hall–Kier alpha value is -1.78. The molecule has 0 bridgehead atoms. The molecular weight excluding hydrogens is 246 g/mol. The predicted octanol–water partition coefficient (Wildman–Crippen LogP) is 2.21. The highest BCUT2D eigenvalue weighted by Crippen LogP contribution is 2.38. The topological polar surface area (TPSA) is 77.8 Å². The first kappa shape index (κ1) is 13.6. The molecule has 0 radical (unpaired) electrons. The van der Waals surface area contributed by atoms with Crippen LogP contribution in [0.25, 0.3) is 0 Å². The Morgan fingerprint density at radius 2 is 1.74 bits per heavy atom. The molecule has 1 unspecified atom stereocenters. The summed E-state index contributed by atoms with van der Waals surface area (Å²) in [4.78, 5) is 24.8. The first-order chi connectivity index (χ1) is 8.95. The molecule has 0 amide bonds. The minimum Gasteiger partial charge on any atom is -0.478 e. The Labute approximate surface area is 112 Å². The quantitative estimate of drug-likeness (QED) is 0.800. The van der Waals surface area contributed by atoms with Crippen LogP contribution in [0.1, 0.15) is 39.5 Å². The summed E-state index contributed by atoms with van der Waals surface area (Å²) < 4.78 is 0. The van der Waals surface area contributed by atoms with Crippen molar-refractivity contribution in [3.05, 3.63) is 22.5 Å². The SMILES string of the molecule is CC1=C(C(=O)O)C(C)C(C(=O)O)=C2CCCCCN12. The maximum Gasteiger partial charge on any atom is 0.333 e. The number of allylic oxidation sites excluding steroid dienone is 2. The van der Waals surface area contributed by atoms with Crippen LogP contribution in [0.15, 0.2) is 22.5 Å². The van der Waals surface area contributed by atoms with E-state index in [1.807, 2.05) is 4.90 Å². The molecule has 0 aromatic rings. The third kappa shape index (κ3) is 2.25. The van der Waals surface area contributed by atoms with Gasteiger partial charge >= 0.3 is 11.9 Å². The van der Waals surface area contributed by atoms with Crippen LogP contribution < -0.4 is 0 Å². The molecule has 0 saturated carbocycles. The number of hydrogen-bond acceptors (Lipinski definition) is 3. The highest BCUT2D eigenvalue weighted by molar-refractivity contribution is 5.96. The van der Waals surface area contributed by atoms with Crippen LogP contribution in [-0.2, 0) is 9.59 Å². The molecule has 2 aliphatic heterocycles. The van der Waals surface area contributed by atoms with Gasteiger partial charge in [-0.1, -0.05) is 13.3 Å². The number of carboxylic acids is 2. The lowest BCUT2D eigenvalue weighted by Gasteiger charge is -2.36. The van der Waals surface area contributed by atoms with Crippen LogP contribution in [-0.4, -0.2) is 33.6 Å². The van der Waals surface area contributed by atoms with Crippen molar-refractivity contribution in [2.75, 3.05) is 6.54 Å². The van der Waals surface area contributed by atoms with Crippen molar-refractivity contribution >= 4 is 11.9 Å². The van der Waals surface area contributed by atoms with Gasteiger partial charge in [0.2, 0.25) is 0 Å². The van der Waals surface area contributed by atoms with Crippen molar-refractivity contribution in [3.8, 4) is 0 Å². The second kappa shape index (κ2) is 5.07. The van der Waals surface area contributed by atoms with E-state index in [-0.39, 0.29) is 11.1 Å². The van der Waals surface area contributed by atoms with Gasteiger partial charge in [-0.25, -0.2) is 9.59 Å². The molecule has 0 spiro atoms. The molecule has 19 heavy (non-hydrogen) atoms. The van der Waals surface area contributed by atoms with Crippen LogP contribution in [0.2, 0.25) is 0 Å². The van der Waals surface area contributed by atoms with E-state index in [4.69, 9.17) is 0 Å². The standard InChI is InChI=1S/C14H19NO4/c1-8-11(13(16)17)9(2)15-7-5-3-4-6-10(15)12(8)14(18)19/h8H,3-7H2,1-2H3,(H,16,17)(H,18,19). The second-order valence-electron chi connectivity index (χ2n) is 5.15. The summed E-state index contributed by atoms with van der Waals surface area (Å²) in [7, 11) is 0. The molecule has 1 fully saturated rings. The summed E-state index contributed by atoms with van der Waals surface area (Å²) in [6.07, 6.45) is 3.70. The molecular formula is C14H19NO4. The lowest BCUT2D eigenvalue weighted by Crippen LogP contribution is -2.35. The molecule has 2 aliphatic rings. The largest absolute Gasteiger partial charge is 0.478 e. The fourth-order valence-electron chi connectivity index (χ4n) is 3.16. The van der Waals surface area contributed by atoms with Gasteiger partial charge in [-0.3, -0.25) is 0 Å². The number of hydrogen-bond donors (Lipinski definition) is 2. The molecule has 2 heterocycles. The third-order valence-electron chi connectivity index (χ3n) is 4.05. The molecule has 0 aromatic heterocycles. The van der Waals surface area contributed by atoms with Gasteiger partial charge in [0.1, 0.15) is 0 Å². The minimum atomic E-state index is -1.02. The number of carboxylic acid groups (broad SMARTS) is 2. The molecule has 0 aliphatic carbocycles. The zero-order valence-corrected chi connectivity index (χ0v) is 11.3. The number of nitrogens with zero attached hydrogens (tertiary/aromatic N) is 1. The van der Waals surface area contributed by atoms with Gasteiger partial charge in [-0.15, -0.1) is 0 Å². The monoisotopic (exact) mass is 265 g/mol. The Bertz CT molecular complexity index is 490. The molecule has 1 atom stereocenters. The van der Waals surface area contributed by atoms with Crippen LogP contribution in [0.3, 0.4) is 0 Å². The van der Waals surface area contributed by atoms with Crippen molar-refractivity contribution in [3.63, 3.8) is 0 Å². The Morgan fingerprint density at radius 3 is 2.32 bits per heavy atom. The van der Waals surface area contributed by atoms with Gasteiger partial charge in [0.25, 0.3) is 0 Å². The van der Waals surface area contributed by atoms with Gasteiger partial charge in [0.15, 0.2) is 0 Å². The van der Waals surface area contributed by atoms with E-state index < -0.39 is 17.9 Å². The highest BCUT2D eigenvalue weighted by Gasteiger charge is 2.37. The number of aliphatic carboxylic acids is 2. The van der Waals surface area contributed by atoms with E-state index in [1.54, 1.807) is 13.8 Å². The van der Waals surface area contributed by atoms with Gasteiger partial charge in [-0.2, -0.15) is 0 Å². The Balaban J connectivity index is 2.58. The average Bonchev–Trinajstić information content (AvgIpc) is 2.53. The maximum atomic E-state index is 11.5. The lowest BCUT2D eigenvalue weighted by molar-refractivity contribution is -0.134. The Morgan fingerprint density at radius 1 is 1.11 bits per heavy atom.